The van der Waals surface area contributed by atoms with Crippen LogP contribution in [-0.2, 0) is 38.1 Å². The number of carbonyl (C=O) groups is 4. The summed E-state index contributed by atoms with van der Waals surface area (Å²) < 4.78 is 23.9. The molecular weight excluding hydrogens is 891 g/mol. The normalized spacial score (nSPS) is 12.6. The predicted molar refractivity (Wildman–Crippen MR) is 296 cm³/mol. The van der Waals surface area contributed by atoms with Crippen LogP contribution >= 0.6 is 0 Å². The van der Waals surface area contributed by atoms with E-state index in [-0.39, 0.29) is 43.2 Å². The highest BCUT2D eigenvalue weighted by Crippen LogP contribution is 2.20. The smallest absolute Gasteiger partial charge is 0.305 e. The van der Waals surface area contributed by atoms with Crippen molar-refractivity contribution in [1.82, 2.24) is 15.1 Å². The number of hydrogen-bond acceptors (Lipinski definition) is 9. The van der Waals surface area contributed by atoms with Gasteiger partial charge in [0, 0.05) is 52.0 Å². The maximum Gasteiger partial charge on any atom is 0.305 e. The molecule has 0 saturated heterocycles. The number of ether oxygens (including phenoxy) is 4. The number of nitrogens with one attached hydrogen (secondary N) is 1. The molecule has 0 aromatic heterocycles. The summed E-state index contributed by atoms with van der Waals surface area (Å²) in [6.45, 7) is 20.6. The van der Waals surface area contributed by atoms with E-state index >= 15 is 0 Å². The maximum absolute atomic E-state index is 14.2. The summed E-state index contributed by atoms with van der Waals surface area (Å²) in [6.07, 6.45) is 39.2. The Morgan fingerprint density at radius 3 is 1.63 bits per heavy atom. The lowest BCUT2D eigenvalue weighted by Crippen LogP contribution is -2.51. The summed E-state index contributed by atoms with van der Waals surface area (Å²) in [6, 6.07) is -0.741. The second-order valence-corrected chi connectivity index (χ2v) is 19.8. The van der Waals surface area contributed by atoms with Gasteiger partial charge < -0.3 is 34.1 Å². The molecule has 0 bridgehead atoms. The molecule has 71 heavy (non-hydrogen) atoms. The van der Waals surface area contributed by atoms with Crippen LogP contribution in [0, 0.1) is 5.92 Å². The highest BCUT2D eigenvalue weighted by atomic mass is 16.7. The Morgan fingerprint density at radius 1 is 0.479 bits per heavy atom. The van der Waals surface area contributed by atoms with E-state index in [1.165, 1.54) is 51.4 Å². The lowest BCUT2D eigenvalue weighted by atomic mass is 9.96. The number of carbonyl (C=O) groups excluding carboxylic acids is 4. The van der Waals surface area contributed by atoms with Crippen LogP contribution < -0.4 is 5.32 Å². The molecule has 416 valence electrons. The van der Waals surface area contributed by atoms with Crippen molar-refractivity contribution in [2.75, 3.05) is 59.2 Å². The summed E-state index contributed by atoms with van der Waals surface area (Å²) in [4.78, 5) is 58.3. The van der Waals surface area contributed by atoms with Gasteiger partial charge in [-0.2, -0.15) is 0 Å². The number of nitrogens with zero attached hydrogens (tertiary/aromatic N) is 2. The van der Waals surface area contributed by atoms with Gasteiger partial charge in [-0.1, -0.05) is 163 Å². The minimum atomic E-state index is -0.741. The second-order valence-electron chi connectivity index (χ2n) is 19.8. The van der Waals surface area contributed by atoms with Gasteiger partial charge in [0.15, 0.2) is 6.29 Å². The van der Waals surface area contributed by atoms with Crippen molar-refractivity contribution >= 4 is 23.8 Å². The Kier molecular flexibility index (Phi) is 50.1. The van der Waals surface area contributed by atoms with Crippen LogP contribution in [0.25, 0.3) is 0 Å². The second kappa shape index (κ2) is 52.1. The summed E-state index contributed by atoms with van der Waals surface area (Å²) in [7, 11) is 0. The molecule has 0 aliphatic rings. The van der Waals surface area contributed by atoms with Crippen molar-refractivity contribution in [3.63, 3.8) is 0 Å². The molecular formula is C60H113N3O8. The van der Waals surface area contributed by atoms with Crippen molar-refractivity contribution in [2.45, 2.75) is 273 Å². The van der Waals surface area contributed by atoms with Crippen LogP contribution in [0.15, 0.2) is 24.3 Å². The lowest BCUT2D eigenvalue weighted by molar-refractivity contribution is -0.160. The van der Waals surface area contributed by atoms with Crippen molar-refractivity contribution < 1.29 is 38.1 Å². The van der Waals surface area contributed by atoms with Crippen LogP contribution in [0.4, 0.5) is 0 Å². The Morgan fingerprint density at radius 2 is 1.03 bits per heavy atom. The molecule has 0 radical (unpaired) electrons. The molecule has 0 aromatic carbocycles. The first-order valence-electron chi connectivity index (χ1n) is 29.8. The molecule has 0 fully saturated rings. The number of esters is 2. The first kappa shape index (κ1) is 68.2. The Hall–Kier alpha value is -2.76. The molecule has 2 unspecified atom stereocenters. The van der Waals surface area contributed by atoms with Crippen molar-refractivity contribution in [3.05, 3.63) is 24.3 Å². The summed E-state index contributed by atoms with van der Waals surface area (Å²) in [5, 5.41) is 3.16. The van der Waals surface area contributed by atoms with E-state index in [4.69, 9.17) is 18.9 Å². The molecule has 11 heteroatoms. The fourth-order valence-corrected chi connectivity index (χ4v) is 8.82. The van der Waals surface area contributed by atoms with Gasteiger partial charge in [-0.3, -0.25) is 19.2 Å². The van der Waals surface area contributed by atoms with Gasteiger partial charge in [-0.15, -0.1) is 0 Å². The fraction of sp³-hybridized carbons (Fsp3) is 0.867. The van der Waals surface area contributed by atoms with Crippen LogP contribution in [0.5, 0.6) is 0 Å². The van der Waals surface area contributed by atoms with Gasteiger partial charge in [0.1, 0.15) is 6.04 Å². The number of allylic oxidation sites excluding steroid dienone is 4. The molecule has 1 N–H and O–H groups in total. The standard InChI is InChI=1S/C60H113N3O8/c1-8-15-20-24-30-36-47-61-60(67)55(46-52-68-58(66)44-45-59(69-50-37-31-25-21-16-9-2)70-51-38-32-26-22-17-10-3)63(49-39-48-62(13-6)14-7)56(64)42-34-28-27-29-35-43-57(65)71-53-54(40-19-12-5)41-33-23-18-11-4/h16-17,21-22,54-55,59H,8-15,18-20,23-53H2,1-7H3,(H,61,67)/b21-16-,22-17-. The topological polar surface area (TPSA) is 124 Å². The highest BCUT2D eigenvalue weighted by Gasteiger charge is 2.30. The molecule has 2 amide bonds. The maximum atomic E-state index is 14.2. The average Bonchev–Trinajstić information content (AvgIpc) is 3.37. The van der Waals surface area contributed by atoms with Gasteiger partial charge in [-0.05, 0) is 115 Å². The fourth-order valence-electron chi connectivity index (χ4n) is 8.82. The van der Waals surface area contributed by atoms with E-state index in [1.54, 1.807) is 4.90 Å². The third-order valence-electron chi connectivity index (χ3n) is 13.5. The molecule has 0 aliphatic carbocycles. The number of hydrogen-bond donors (Lipinski definition) is 1. The molecule has 0 spiro atoms. The zero-order valence-corrected chi connectivity index (χ0v) is 47.4. The molecule has 11 nitrogen and oxygen atoms in total. The third kappa shape index (κ3) is 42.3. The van der Waals surface area contributed by atoms with E-state index in [0.29, 0.717) is 64.5 Å². The van der Waals surface area contributed by atoms with Crippen molar-refractivity contribution in [1.29, 1.82) is 0 Å². The first-order chi connectivity index (χ1) is 34.7. The van der Waals surface area contributed by atoms with E-state index < -0.39 is 12.3 Å². The Balaban J connectivity index is 5.62. The van der Waals surface area contributed by atoms with Crippen molar-refractivity contribution in [2.24, 2.45) is 5.92 Å². The molecule has 0 rings (SSSR count). The number of rotatable bonds is 53. The minimum absolute atomic E-state index is 0.0357. The van der Waals surface area contributed by atoms with Gasteiger partial charge in [-0.25, -0.2) is 0 Å². The SMILES string of the molecule is CC/C=C\CCCCOC(CCC(=O)OCCC(C(=O)NCCCCCCCC)N(CCCN(CC)CC)C(=O)CCCCCCCC(=O)OCC(CCCC)CCCCCC)OCCCC/C=C\CC. The van der Waals surface area contributed by atoms with E-state index in [0.717, 1.165) is 142 Å². The molecule has 0 saturated carbocycles. The van der Waals surface area contributed by atoms with Gasteiger partial charge >= 0.3 is 11.9 Å². The van der Waals surface area contributed by atoms with Crippen LogP contribution in [0.2, 0.25) is 0 Å². The van der Waals surface area contributed by atoms with Crippen LogP contribution in [0.3, 0.4) is 0 Å². The molecule has 2 atom stereocenters. The monoisotopic (exact) mass is 1000 g/mol. The van der Waals surface area contributed by atoms with Gasteiger partial charge in [0.05, 0.1) is 19.6 Å². The average molecular weight is 1000 g/mol. The number of amides is 2. The predicted octanol–water partition coefficient (Wildman–Crippen LogP) is 14.8. The third-order valence-corrected chi connectivity index (χ3v) is 13.5. The zero-order valence-electron chi connectivity index (χ0n) is 47.4. The largest absolute Gasteiger partial charge is 0.466 e. The van der Waals surface area contributed by atoms with Gasteiger partial charge in [0.2, 0.25) is 11.8 Å². The van der Waals surface area contributed by atoms with Gasteiger partial charge in [0.25, 0.3) is 0 Å². The molecule has 0 aromatic rings. The first-order valence-corrected chi connectivity index (χ1v) is 29.8. The molecule has 0 heterocycles. The van der Waals surface area contributed by atoms with Crippen LogP contribution in [0.1, 0.15) is 260 Å². The number of unbranched alkanes of at least 4 members (excludes halogenated alkanes) is 17. The quantitative estimate of drug-likeness (QED) is 0.0274. The molecule has 0 aliphatic heterocycles. The van der Waals surface area contributed by atoms with E-state index in [1.807, 2.05) is 0 Å². The summed E-state index contributed by atoms with van der Waals surface area (Å²) in [5.41, 5.74) is 0. The zero-order chi connectivity index (χ0) is 52.3. The minimum Gasteiger partial charge on any atom is -0.466 e. The van der Waals surface area contributed by atoms with E-state index in [9.17, 15) is 19.2 Å². The lowest BCUT2D eigenvalue weighted by Gasteiger charge is -2.32. The Bertz CT molecular complexity index is 1270. The summed E-state index contributed by atoms with van der Waals surface area (Å²) >= 11 is 0. The summed E-state index contributed by atoms with van der Waals surface area (Å²) in [5.74, 6) is -0.201. The van der Waals surface area contributed by atoms with E-state index in [2.05, 4.69) is 83.0 Å². The highest BCUT2D eigenvalue weighted by molar-refractivity contribution is 5.87. The Labute approximate surface area is 437 Å². The van der Waals surface area contributed by atoms with Crippen LogP contribution in [-0.4, -0.2) is 105 Å². The van der Waals surface area contributed by atoms with Crippen molar-refractivity contribution in [3.8, 4) is 0 Å².